The monoisotopic (exact) mass is 423 g/mol. The topological polar surface area (TPSA) is 106 Å². The number of aliphatic hydroxyl groups excluding tert-OH is 1. The number of nitrogens with one attached hydrogen (secondary N) is 2. The number of benzene rings is 2. The minimum atomic E-state index is -1.16. The Morgan fingerprint density at radius 3 is 2.45 bits per heavy atom. The van der Waals surface area contributed by atoms with Crippen LogP contribution < -0.4 is 5.32 Å². The van der Waals surface area contributed by atoms with E-state index in [1.807, 2.05) is 60.8 Å². The van der Waals surface area contributed by atoms with Crippen LogP contribution in [0.4, 0.5) is 4.79 Å². The molecule has 2 aromatic carbocycles. The molecule has 3 rings (SSSR count). The Balaban J connectivity index is 1.88. The fourth-order valence-corrected chi connectivity index (χ4v) is 4.13. The van der Waals surface area contributed by atoms with Gasteiger partial charge in [-0.15, -0.1) is 0 Å². The number of hydrogen-bond acceptors (Lipinski definition) is 3. The molecular weight excluding hydrogens is 394 g/mol. The summed E-state index contributed by atoms with van der Waals surface area (Å²) in [6, 6.07) is 17.0. The van der Waals surface area contributed by atoms with E-state index in [-0.39, 0.29) is 19.1 Å². The van der Waals surface area contributed by atoms with Crippen LogP contribution in [0, 0.1) is 0 Å². The minimum Gasteiger partial charge on any atom is -0.465 e. The molecule has 31 heavy (non-hydrogen) atoms. The number of rotatable bonds is 9. The molecule has 0 saturated heterocycles. The predicted octanol–water partition coefficient (Wildman–Crippen LogP) is 3.19. The molecule has 0 aliphatic carbocycles. The van der Waals surface area contributed by atoms with E-state index in [1.54, 1.807) is 11.8 Å². The number of carboxylic acid groups (broad SMARTS) is 1. The Labute approximate surface area is 181 Å². The zero-order valence-electron chi connectivity index (χ0n) is 17.8. The van der Waals surface area contributed by atoms with Gasteiger partial charge in [0.25, 0.3) is 0 Å². The Bertz CT molecular complexity index is 1030. The van der Waals surface area contributed by atoms with Crippen LogP contribution in [0.3, 0.4) is 0 Å². The van der Waals surface area contributed by atoms with E-state index in [2.05, 4.69) is 10.3 Å². The van der Waals surface area contributed by atoms with Crippen molar-refractivity contribution in [3.8, 4) is 0 Å². The maximum atomic E-state index is 12.5. The van der Waals surface area contributed by atoms with Crippen LogP contribution in [0.1, 0.15) is 25.0 Å². The number of carbonyl (C=O) groups excluding carboxylic acids is 1. The standard InChI is InChI=1S/C24H29N3O4/c1-17(29)27(20(15-28)12-18-8-4-3-5-9-18)16-24(2,26-23(30)31)13-19-14-25-22-11-7-6-10-21(19)22/h3-11,14,20,25-26,28H,12-13,15-16H2,1-2H3,(H,30,31). The molecule has 2 atom stereocenters. The molecule has 0 radical (unpaired) electrons. The molecule has 0 aliphatic heterocycles. The zero-order chi connectivity index (χ0) is 22.4. The molecule has 7 nitrogen and oxygen atoms in total. The maximum Gasteiger partial charge on any atom is 0.405 e. The van der Waals surface area contributed by atoms with Crippen molar-refractivity contribution in [1.82, 2.24) is 15.2 Å². The lowest BCUT2D eigenvalue weighted by Crippen LogP contribution is -2.58. The molecule has 2 unspecified atom stereocenters. The van der Waals surface area contributed by atoms with E-state index < -0.39 is 17.7 Å². The van der Waals surface area contributed by atoms with Crippen molar-refractivity contribution >= 4 is 22.9 Å². The number of H-pyrrole nitrogens is 1. The summed E-state index contributed by atoms with van der Waals surface area (Å²) in [7, 11) is 0. The average Bonchev–Trinajstić information content (AvgIpc) is 3.13. The van der Waals surface area contributed by atoms with Gasteiger partial charge in [0.05, 0.1) is 18.2 Å². The van der Waals surface area contributed by atoms with Gasteiger partial charge in [-0.2, -0.15) is 0 Å². The first-order valence-corrected chi connectivity index (χ1v) is 10.3. The second-order valence-electron chi connectivity index (χ2n) is 8.20. The third-order valence-electron chi connectivity index (χ3n) is 5.55. The second kappa shape index (κ2) is 9.66. The summed E-state index contributed by atoms with van der Waals surface area (Å²) in [5, 5.41) is 23.2. The normalized spacial score (nSPS) is 14.0. The summed E-state index contributed by atoms with van der Waals surface area (Å²) in [5.74, 6) is -0.215. The molecule has 4 N–H and O–H groups in total. The van der Waals surface area contributed by atoms with Gasteiger partial charge in [-0.25, -0.2) is 4.79 Å². The number of fused-ring (bicyclic) bond motifs is 1. The number of aliphatic hydroxyl groups is 1. The summed E-state index contributed by atoms with van der Waals surface area (Å²) in [6.07, 6.45) is 1.58. The first-order chi connectivity index (χ1) is 14.8. The molecule has 1 aromatic heterocycles. The molecule has 0 fully saturated rings. The van der Waals surface area contributed by atoms with Crippen LogP contribution in [0.15, 0.2) is 60.8 Å². The summed E-state index contributed by atoms with van der Waals surface area (Å²) in [5.41, 5.74) is 1.97. The first-order valence-electron chi connectivity index (χ1n) is 10.3. The van der Waals surface area contributed by atoms with Gasteiger partial charge >= 0.3 is 6.09 Å². The van der Waals surface area contributed by atoms with Gasteiger partial charge in [0.15, 0.2) is 0 Å². The Hall–Kier alpha value is -3.32. The highest BCUT2D eigenvalue weighted by molar-refractivity contribution is 5.83. The Kier molecular flexibility index (Phi) is 6.97. The molecule has 1 heterocycles. The van der Waals surface area contributed by atoms with E-state index in [9.17, 15) is 19.8 Å². The molecule has 7 heteroatoms. The van der Waals surface area contributed by atoms with Crippen molar-refractivity contribution in [3.05, 3.63) is 71.9 Å². The smallest absolute Gasteiger partial charge is 0.405 e. The molecule has 0 bridgehead atoms. The number of hydrogen-bond donors (Lipinski definition) is 4. The predicted molar refractivity (Wildman–Crippen MR) is 120 cm³/mol. The highest BCUT2D eigenvalue weighted by atomic mass is 16.4. The van der Waals surface area contributed by atoms with Crippen molar-refractivity contribution in [1.29, 1.82) is 0 Å². The summed E-state index contributed by atoms with van der Waals surface area (Å²) in [6.45, 7) is 3.15. The van der Waals surface area contributed by atoms with E-state index in [0.717, 1.165) is 22.0 Å². The Morgan fingerprint density at radius 1 is 1.13 bits per heavy atom. The second-order valence-corrected chi connectivity index (χ2v) is 8.20. The molecule has 2 amide bonds. The number of aromatic nitrogens is 1. The van der Waals surface area contributed by atoms with Gasteiger partial charge in [-0.3, -0.25) is 4.79 Å². The van der Waals surface area contributed by atoms with Crippen molar-refractivity contribution in [2.75, 3.05) is 13.2 Å². The molecule has 3 aromatic rings. The van der Waals surface area contributed by atoms with Gasteiger partial charge in [0.1, 0.15) is 0 Å². The van der Waals surface area contributed by atoms with Crippen molar-refractivity contribution in [2.24, 2.45) is 0 Å². The lowest BCUT2D eigenvalue weighted by Gasteiger charge is -2.39. The van der Waals surface area contributed by atoms with E-state index in [0.29, 0.717) is 12.8 Å². The summed E-state index contributed by atoms with van der Waals surface area (Å²) >= 11 is 0. The third-order valence-corrected chi connectivity index (χ3v) is 5.55. The van der Waals surface area contributed by atoms with Gasteiger partial charge in [0.2, 0.25) is 5.91 Å². The average molecular weight is 424 g/mol. The molecular formula is C24H29N3O4. The van der Waals surface area contributed by atoms with Crippen LogP contribution in [-0.2, 0) is 17.6 Å². The van der Waals surface area contributed by atoms with Gasteiger partial charge in [-0.1, -0.05) is 48.5 Å². The highest BCUT2D eigenvalue weighted by Crippen LogP contribution is 2.24. The van der Waals surface area contributed by atoms with Crippen LogP contribution in [0.2, 0.25) is 0 Å². The van der Waals surface area contributed by atoms with Crippen LogP contribution in [-0.4, -0.2) is 56.8 Å². The van der Waals surface area contributed by atoms with E-state index in [4.69, 9.17) is 0 Å². The molecule has 0 spiro atoms. The lowest BCUT2D eigenvalue weighted by molar-refractivity contribution is -0.133. The third kappa shape index (κ3) is 5.64. The van der Waals surface area contributed by atoms with Gasteiger partial charge in [-0.05, 0) is 37.0 Å². The van der Waals surface area contributed by atoms with Crippen LogP contribution in [0.5, 0.6) is 0 Å². The maximum absolute atomic E-state index is 12.5. The number of carbonyl (C=O) groups is 2. The molecule has 0 saturated carbocycles. The van der Waals surface area contributed by atoms with Crippen molar-refractivity contribution < 1.29 is 19.8 Å². The molecule has 164 valence electrons. The highest BCUT2D eigenvalue weighted by Gasteiger charge is 2.34. The van der Waals surface area contributed by atoms with Crippen molar-refractivity contribution in [2.45, 2.75) is 38.3 Å². The summed E-state index contributed by atoms with van der Waals surface area (Å²) < 4.78 is 0. The van der Waals surface area contributed by atoms with Crippen molar-refractivity contribution in [3.63, 3.8) is 0 Å². The van der Waals surface area contributed by atoms with E-state index >= 15 is 0 Å². The summed E-state index contributed by atoms with van der Waals surface area (Å²) in [4.78, 5) is 28.9. The van der Waals surface area contributed by atoms with Gasteiger partial charge < -0.3 is 25.4 Å². The zero-order valence-corrected chi connectivity index (χ0v) is 17.8. The van der Waals surface area contributed by atoms with Crippen LogP contribution >= 0.6 is 0 Å². The largest absolute Gasteiger partial charge is 0.465 e. The van der Waals surface area contributed by atoms with Gasteiger partial charge in [0, 0.05) is 30.6 Å². The number of aromatic amines is 1. The minimum absolute atomic E-state index is 0.131. The first kappa shape index (κ1) is 22.4. The molecule has 0 aliphatic rings. The lowest BCUT2D eigenvalue weighted by atomic mass is 9.90. The van der Waals surface area contributed by atoms with E-state index in [1.165, 1.54) is 6.92 Å². The SMILES string of the molecule is CC(=O)N(CC(C)(Cc1c[nH]c2ccccc12)NC(=O)O)C(CO)Cc1ccccc1. The number of para-hydroxylation sites is 1. The fourth-order valence-electron chi connectivity index (χ4n) is 4.13. The quantitative estimate of drug-likeness (QED) is 0.424. The number of amides is 2. The Morgan fingerprint density at radius 2 is 1.81 bits per heavy atom. The fraction of sp³-hybridized carbons (Fsp3) is 0.333. The number of nitrogens with zero attached hydrogens (tertiary/aromatic N) is 1. The van der Waals surface area contributed by atoms with Crippen LogP contribution in [0.25, 0.3) is 10.9 Å².